The zero-order valence-corrected chi connectivity index (χ0v) is 24.2. The van der Waals surface area contributed by atoms with Gasteiger partial charge in [0.2, 0.25) is 0 Å². The molecular weight excluding hydrogens is 464 g/mol. The van der Waals surface area contributed by atoms with Gasteiger partial charge in [-0.25, -0.2) is 0 Å². The Morgan fingerprint density at radius 1 is 1.14 bits per heavy atom. The highest BCUT2D eigenvalue weighted by molar-refractivity contribution is 5.66. The second kappa shape index (κ2) is 10.5. The molecule has 4 aliphatic rings. The minimum absolute atomic E-state index is 0.0810. The number of carbonyl (C=O) groups is 2. The molecule has 0 saturated heterocycles. The second-order valence-electron chi connectivity index (χ2n) is 13.6. The van der Waals surface area contributed by atoms with Crippen LogP contribution in [0.4, 0.5) is 0 Å². The molecule has 5 heteroatoms. The van der Waals surface area contributed by atoms with E-state index in [-0.39, 0.29) is 35.5 Å². The third-order valence-corrected chi connectivity index (χ3v) is 11.2. The van der Waals surface area contributed by atoms with E-state index < -0.39 is 11.5 Å². The summed E-state index contributed by atoms with van der Waals surface area (Å²) in [6, 6.07) is 0. The van der Waals surface area contributed by atoms with E-state index in [0.29, 0.717) is 42.4 Å². The number of aliphatic hydroxyl groups is 1. The van der Waals surface area contributed by atoms with Crippen molar-refractivity contribution in [2.75, 3.05) is 0 Å². The molecule has 0 radical (unpaired) electrons. The molecular formula is C32H50O5. The number of allylic oxidation sites excluding steroid dienone is 2. The van der Waals surface area contributed by atoms with Crippen LogP contribution in [0.2, 0.25) is 0 Å². The van der Waals surface area contributed by atoms with Crippen LogP contribution < -0.4 is 0 Å². The molecule has 0 aromatic heterocycles. The number of fused-ring (bicyclic) bond motifs is 5. The predicted octanol–water partition coefficient (Wildman–Crippen LogP) is 6.64. The lowest BCUT2D eigenvalue weighted by Gasteiger charge is -2.61. The number of esters is 2. The number of rotatable bonds is 7. The van der Waals surface area contributed by atoms with E-state index in [1.165, 1.54) is 37.8 Å². The zero-order valence-electron chi connectivity index (χ0n) is 24.2. The van der Waals surface area contributed by atoms with Gasteiger partial charge in [-0.2, -0.15) is 0 Å². The van der Waals surface area contributed by atoms with Crippen LogP contribution in [0.1, 0.15) is 99.8 Å². The van der Waals surface area contributed by atoms with Crippen LogP contribution in [0.25, 0.3) is 0 Å². The van der Waals surface area contributed by atoms with Gasteiger partial charge in [-0.15, -0.1) is 0 Å². The van der Waals surface area contributed by atoms with Crippen LogP contribution in [0.15, 0.2) is 23.8 Å². The highest BCUT2D eigenvalue weighted by atomic mass is 16.5. The fourth-order valence-corrected chi connectivity index (χ4v) is 9.29. The molecule has 0 heterocycles. The van der Waals surface area contributed by atoms with Crippen LogP contribution in [0, 0.1) is 46.3 Å². The molecule has 0 aromatic rings. The standard InChI is InChI=1S/C32H50O5/c1-18(2)19(3)9-10-20(4)26-13-14-27-25-12-11-23-15-24(36-21(5)33)16-29(35)32(23,8)30(25)28(37-22(6)34)17-31(26,27)7/h11,18,20,24-30,35H,3,9-10,12-17H2,1-2,4-8H3/t20-,24-,25+,26-,27+,28-,29+,30-,31-,32-/m1/s1. The highest BCUT2D eigenvalue weighted by Gasteiger charge is 2.65. The monoisotopic (exact) mass is 514 g/mol. The number of hydrogen-bond acceptors (Lipinski definition) is 5. The molecule has 0 aliphatic heterocycles. The summed E-state index contributed by atoms with van der Waals surface area (Å²) in [7, 11) is 0. The van der Waals surface area contributed by atoms with E-state index in [9.17, 15) is 14.7 Å². The molecule has 3 saturated carbocycles. The Bertz CT molecular complexity index is 935. The molecule has 0 amide bonds. The first-order valence-corrected chi connectivity index (χ1v) is 14.7. The Labute approximate surface area is 224 Å². The number of ether oxygens (including phenoxy) is 2. The van der Waals surface area contributed by atoms with Crippen LogP contribution in [0.3, 0.4) is 0 Å². The SMILES string of the molecule is C=C(CC[C@@H](C)[C@H]1CC[C@H]2[C@@H]3CC=C4C[C@@H](OC(C)=O)C[C@H](O)[C@]4(C)[C@H]3[C@H](OC(C)=O)C[C@]12C)C(C)C. The fraction of sp³-hybridized carbons (Fsp3) is 0.812. The summed E-state index contributed by atoms with van der Waals surface area (Å²) < 4.78 is 11.7. The minimum atomic E-state index is -0.634. The van der Waals surface area contributed by atoms with Crippen molar-refractivity contribution in [2.24, 2.45) is 46.3 Å². The van der Waals surface area contributed by atoms with Gasteiger partial charge in [0.15, 0.2) is 0 Å². The molecule has 1 N–H and O–H groups in total. The lowest BCUT2D eigenvalue weighted by molar-refractivity contribution is -0.189. The van der Waals surface area contributed by atoms with Crippen molar-refractivity contribution in [2.45, 2.75) is 118 Å². The van der Waals surface area contributed by atoms with Gasteiger partial charge in [0.25, 0.3) is 0 Å². The minimum Gasteiger partial charge on any atom is -0.462 e. The smallest absolute Gasteiger partial charge is 0.302 e. The summed E-state index contributed by atoms with van der Waals surface area (Å²) in [5.74, 6) is 2.19. The van der Waals surface area contributed by atoms with Gasteiger partial charge in [-0.05, 0) is 73.5 Å². The second-order valence-corrected chi connectivity index (χ2v) is 13.6. The summed E-state index contributed by atoms with van der Waals surface area (Å²) >= 11 is 0. The van der Waals surface area contributed by atoms with Crippen molar-refractivity contribution >= 4 is 11.9 Å². The Morgan fingerprint density at radius 2 is 1.81 bits per heavy atom. The molecule has 3 fully saturated rings. The van der Waals surface area contributed by atoms with Gasteiger partial charge in [0, 0.05) is 38.0 Å². The molecule has 4 aliphatic carbocycles. The van der Waals surface area contributed by atoms with E-state index in [0.717, 1.165) is 25.7 Å². The van der Waals surface area contributed by atoms with E-state index in [1.807, 2.05) is 0 Å². The van der Waals surface area contributed by atoms with E-state index in [2.05, 4.69) is 47.3 Å². The van der Waals surface area contributed by atoms with Gasteiger partial charge in [-0.3, -0.25) is 9.59 Å². The van der Waals surface area contributed by atoms with Crippen molar-refractivity contribution < 1.29 is 24.2 Å². The molecule has 5 nitrogen and oxygen atoms in total. The number of aliphatic hydroxyl groups excluding tert-OH is 1. The van der Waals surface area contributed by atoms with Gasteiger partial charge in [0.1, 0.15) is 12.2 Å². The van der Waals surface area contributed by atoms with Crippen LogP contribution in [-0.4, -0.2) is 35.4 Å². The maximum Gasteiger partial charge on any atom is 0.302 e. The van der Waals surface area contributed by atoms with Crippen molar-refractivity contribution in [1.82, 2.24) is 0 Å². The first-order valence-electron chi connectivity index (χ1n) is 14.7. The largest absolute Gasteiger partial charge is 0.462 e. The third kappa shape index (κ3) is 5.06. The molecule has 10 atom stereocenters. The van der Waals surface area contributed by atoms with Gasteiger partial charge in [0.05, 0.1) is 6.10 Å². The Morgan fingerprint density at radius 3 is 2.43 bits per heavy atom. The van der Waals surface area contributed by atoms with Crippen molar-refractivity contribution in [3.05, 3.63) is 23.8 Å². The number of hydrogen-bond donors (Lipinski definition) is 1. The quantitative estimate of drug-likeness (QED) is 0.305. The lowest BCUT2D eigenvalue weighted by Crippen LogP contribution is -2.61. The molecule has 0 unspecified atom stereocenters. The average molecular weight is 515 g/mol. The lowest BCUT2D eigenvalue weighted by atomic mass is 9.45. The van der Waals surface area contributed by atoms with E-state index in [1.54, 1.807) is 0 Å². The first kappa shape index (κ1) is 28.4. The van der Waals surface area contributed by atoms with Crippen LogP contribution >= 0.6 is 0 Å². The average Bonchev–Trinajstić information content (AvgIpc) is 3.13. The molecule has 37 heavy (non-hydrogen) atoms. The maximum absolute atomic E-state index is 12.4. The summed E-state index contributed by atoms with van der Waals surface area (Å²) in [4.78, 5) is 24.0. The third-order valence-electron chi connectivity index (χ3n) is 11.2. The molecule has 208 valence electrons. The predicted molar refractivity (Wildman–Crippen MR) is 145 cm³/mol. The van der Waals surface area contributed by atoms with Crippen molar-refractivity contribution in [3.8, 4) is 0 Å². The summed E-state index contributed by atoms with van der Waals surface area (Å²) in [5.41, 5.74) is 2.15. The van der Waals surface area contributed by atoms with E-state index >= 15 is 0 Å². The van der Waals surface area contributed by atoms with E-state index in [4.69, 9.17) is 9.47 Å². The summed E-state index contributed by atoms with van der Waals surface area (Å²) in [5, 5.41) is 11.6. The topological polar surface area (TPSA) is 72.8 Å². The summed E-state index contributed by atoms with van der Waals surface area (Å²) in [6.07, 6.45) is 8.76. The van der Waals surface area contributed by atoms with Crippen LogP contribution in [-0.2, 0) is 19.1 Å². The van der Waals surface area contributed by atoms with Crippen LogP contribution in [0.5, 0.6) is 0 Å². The summed E-state index contributed by atoms with van der Waals surface area (Å²) in [6.45, 7) is 18.8. The van der Waals surface area contributed by atoms with Crippen molar-refractivity contribution in [1.29, 1.82) is 0 Å². The van der Waals surface area contributed by atoms with Gasteiger partial charge in [-0.1, -0.05) is 58.4 Å². The number of carbonyl (C=O) groups excluding carboxylic acids is 2. The molecule has 4 rings (SSSR count). The molecule has 0 bridgehead atoms. The maximum atomic E-state index is 12.4. The Kier molecular flexibility index (Phi) is 8.06. The van der Waals surface area contributed by atoms with Gasteiger partial charge >= 0.3 is 11.9 Å². The van der Waals surface area contributed by atoms with Gasteiger partial charge < -0.3 is 14.6 Å². The highest BCUT2D eigenvalue weighted by Crippen LogP contribution is 2.68. The Balaban J connectivity index is 1.64. The molecule has 0 aromatic carbocycles. The molecule has 0 spiro atoms. The van der Waals surface area contributed by atoms with Crippen molar-refractivity contribution in [3.63, 3.8) is 0 Å². The fourth-order valence-electron chi connectivity index (χ4n) is 9.29. The first-order chi connectivity index (χ1) is 17.3. The zero-order chi connectivity index (χ0) is 27.3. The normalized spacial score (nSPS) is 41.6. The Hall–Kier alpha value is -1.62.